The molecule has 1 atom stereocenters. The third kappa shape index (κ3) is 4.91. The average Bonchev–Trinajstić information content (AvgIpc) is 2.58. The summed E-state index contributed by atoms with van der Waals surface area (Å²) in [6, 6.07) is 9.51. The van der Waals surface area contributed by atoms with Gasteiger partial charge in [-0.2, -0.15) is 0 Å². The van der Waals surface area contributed by atoms with E-state index in [0.717, 1.165) is 24.8 Å². The Morgan fingerprint density at radius 3 is 2.77 bits per heavy atom. The van der Waals surface area contributed by atoms with Gasteiger partial charge in [0.2, 0.25) is 5.91 Å². The van der Waals surface area contributed by atoms with E-state index in [0.29, 0.717) is 13.1 Å². The van der Waals surface area contributed by atoms with E-state index in [1.54, 1.807) is 4.90 Å². The maximum Gasteiger partial charge on any atom is 0.407 e. The Kier molecular flexibility index (Phi) is 6.52. The first-order valence-corrected chi connectivity index (χ1v) is 8.04. The molecule has 5 nitrogen and oxygen atoms in total. The number of likely N-dealkylation sites (tertiary alicyclic amines) is 1. The predicted molar refractivity (Wildman–Crippen MR) is 84.7 cm³/mol. The number of ether oxygens (including phenoxy) is 1. The number of benzene rings is 1. The fraction of sp³-hybridized carbons (Fsp3) is 0.500. The lowest BCUT2D eigenvalue weighted by molar-refractivity contribution is -0.132. The zero-order valence-electron chi connectivity index (χ0n) is 12.5. The molecule has 0 spiro atoms. The molecule has 1 unspecified atom stereocenters. The van der Waals surface area contributed by atoms with Crippen molar-refractivity contribution in [1.82, 2.24) is 10.2 Å². The standard InChI is InChI=1S/C16H21ClN2O3/c17-10-15(20)19-9-5-4-8-14(19)11-18-16(21)22-12-13-6-2-1-3-7-13/h1-3,6-7,14H,4-5,8-12H2,(H,18,21). The van der Waals surface area contributed by atoms with Crippen molar-refractivity contribution in [3.8, 4) is 0 Å². The molecule has 1 aliphatic rings. The van der Waals surface area contributed by atoms with E-state index in [9.17, 15) is 9.59 Å². The van der Waals surface area contributed by atoms with E-state index in [1.807, 2.05) is 30.3 Å². The van der Waals surface area contributed by atoms with Gasteiger partial charge in [-0.25, -0.2) is 4.79 Å². The minimum Gasteiger partial charge on any atom is -0.445 e. The second-order valence-corrected chi connectivity index (χ2v) is 5.58. The Balaban J connectivity index is 1.75. The Labute approximate surface area is 135 Å². The van der Waals surface area contributed by atoms with Crippen molar-refractivity contribution in [2.24, 2.45) is 0 Å². The highest BCUT2D eigenvalue weighted by atomic mass is 35.5. The number of amides is 2. The van der Waals surface area contributed by atoms with E-state index in [1.165, 1.54) is 0 Å². The van der Waals surface area contributed by atoms with Crippen LogP contribution < -0.4 is 5.32 Å². The summed E-state index contributed by atoms with van der Waals surface area (Å²) in [4.78, 5) is 25.3. The number of hydrogen-bond donors (Lipinski definition) is 1. The lowest BCUT2D eigenvalue weighted by atomic mass is 10.0. The molecule has 1 aromatic rings. The van der Waals surface area contributed by atoms with Crippen LogP contribution in [0.1, 0.15) is 24.8 Å². The summed E-state index contributed by atoms with van der Waals surface area (Å²) < 4.78 is 5.16. The molecule has 0 saturated carbocycles. The molecule has 0 aliphatic carbocycles. The van der Waals surface area contributed by atoms with E-state index in [-0.39, 0.29) is 24.4 Å². The molecule has 1 aliphatic heterocycles. The van der Waals surface area contributed by atoms with Gasteiger partial charge in [-0.15, -0.1) is 11.6 Å². The maximum absolute atomic E-state index is 11.8. The Morgan fingerprint density at radius 1 is 1.27 bits per heavy atom. The number of carbonyl (C=O) groups is 2. The van der Waals surface area contributed by atoms with Gasteiger partial charge >= 0.3 is 6.09 Å². The summed E-state index contributed by atoms with van der Waals surface area (Å²) in [5.74, 6) is -0.0968. The number of carbonyl (C=O) groups excluding carboxylic acids is 2. The largest absolute Gasteiger partial charge is 0.445 e. The average molecular weight is 325 g/mol. The first-order valence-electron chi connectivity index (χ1n) is 7.50. The summed E-state index contributed by atoms with van der Waals surface area (Å²) in [5.41, 5.74) is 0.939. The Hall–Kier alpha value is -1.75. The monoisotopic (exact) mass is 324 g/mol. The van der Waals surface area contributed by atoms with Crippen LogP contribution in [0.2, 0.25) is 0 Å². The van der Waals surface area contributed by atoms with E-state index < -0.39 is 6.09 Å². The fourth-order valence-electron chi connectivity index (χ4n) is 2.59. The van der Waals surface area contributed by atoms with Crippen molar-refractivity contribution in [3.05, 3.63) is 35.9 Å². The zero-order valence-corrected chi connectivity index (χ0v) is 13.2. The van der Waals surface area contributed by atoms with Crippen molar-refractivity contribution < 1.29 is 14.3 Å². The SMILES string of the molecule is O=C(NCC1CCCCN1C(=O)CCl)OCc1ccccc1. The molecule has 120 valence electrons. The van der Waals surface area contributed by atoms with Crippen molar-refractivity contribution in [2.75, 3.05) is 19.0 Å². The third-order valence-corrected chi connectivity index (χ3v) is 3.99. The topological polar surface area (TPSA) is 58.6 Å². The van der Waals surface area contributed by atoms with Gasteiger partial charge in [0.15, 0.2) is 0 Å². The van der Waals surface area contributed by atoms with Gasteiger partial charge in [0.25, 0.3) is 0 Å². The molecule has 0 bridgehead atoms. The van der Waals surface area contributed by atoms with Crippen LogP contribution in [-0.4, -0.2) is 41.9 Å². The number of nitrogens with zero attached hydrogens (tertiary/aromatic N) is 1. The quantitative estimate of drug-likeness (QED) is 0.847. The van der Waals surface area contributed by atoms with Gasteiger partial charge in [-0.3, -0.25) is 4.79 Å². The van der Waals surface area contributed by atoms with Crippen LogP contribution in [0, 0.1) is 0 Å². The molecule has 22 heavy (non-hydrogen) atoms. The number of rotatable bonds is 5. The maximum atomic E-state index is 11.8. The molecule has 2 rings (SSSR count). The smallest absolute Gasteiger partial charge is 0.407 e. The van der Waals surface area contributed by atoms with Crippen LogP contribution in [0.3, 0.4) is 0 Å². The second kappa shape index (κ2) is 8.63. The lowest BCUT2D eigenvalue weighted by Gasteiger charge is -2.35. The summed E-state index contributed by atoms with van der Waals surface area (Å²) in [5, 5.41) is 2.73. The number of nitrogens with one attached hydrogen (secondary N) is 1. The normalized spacial score (nSPS) is 17.9. The summed E-state index contributed by atoms with van der Waals surface area (Å²) in [7, 11) is 0. The van der Waals surface area contributed by atoms with E-state index in [2.05, 4.69) is 5.32 Å². The predicted octanol–water partition coefficient (Wildman–Crippen LogP) is 2.53. The molecule has 6 heteroatoms. The van der Waals surface area contributed by atoms with Crippen LogP contribution in [0.4, 0.5) is 4.79 Å². The molecular formula is C16H21ClN2O3. The van der Waals surface area contributed by atoms with Gasteiger partial charge in [-0.1, -0.05) is 30.3 Å². The van der Waals surface area contributed by atoms with Gasteiger partial charge in [0, 0.05) is 19.1 Å². The van der Waals surface area contributed by atoms with Crippen LogP contribution in [0.15, 0.2) is 30.3 Å². The minimum atomic E-state index is -0.465. The van der Waals surface area contributed by atoms with E-state index in [4.69, 9.17) is 16.3 Å². The van der Waals surface area contributed by atoms with Crippen molar-refractivity contribution >= 4 is 23.6 Å². The number of piperidine rings is 1. The first-order chi connectivity index (χ1) is 10.7. The first kappa shape index (κ1) is 16.6. The molecular weight excluding hydrogens is 304 g/mol. The number of alkyl carbamates (subject to hydrolysis) is 1. The summed E-state index contributed by atoms with van der Waals surface area (Å²) in [6.45, 7) is 1.34. The van der Waals surface area contributed by atoms with Gasteiger partial charge in [0.1, 0.15) is 12.5 Å². The third-order valence-electron chi connectivity index (χ3n) is 3.76. The zero-order chi connectivity index (χ0) is 15.8. The van der Waals surface area contributed by atoms with Gasteiger partial charge in [-0.05, 0) is 24.8 Å². The molecule has 0 radical (unpaired) electrons. The highest BCUT2D eigenvalue weighted by Gasteiger charge is 2.26. The van der Waals surface area contributed by atoms with Crippen molar-refractivity contribution in [2.45, 2.75) is 31.9 Å². The van der Waals surface area contributed by atoms with Crippen LogP contribution >= 0.6 is 11.6 Å². The number of halogens is 1. The van der Waals surface area contributed by atoms with Crippen LogP contribution in [0.5, 0.6) is 0 Å². The summed E-state index contributed by atoms with van der Waals surface area (Å²) in [6.07, 6.45) is 2.45. The molecule has 1 N–H and O–H groups in total. The number of alkyl halides is 1. The van der Waals surface area contributed by atoms with Crippen LogP contribution in [-0.2, 0) is 16.1 Å². The van der Waals surface area contributed by atoms with Gasteiger partial charge < -0.3 is 15.0 Å². The molecule has 1 fully saturated rings. The second-order valence-electron chi connectivity index (χ2n) is 5.31. The van der Waals surface area contributed by atoms with Gasteiger partial charge in [0.05, 0.1) is 0 Å². The highest BCUT2D eigenvalue weighted by molar-refractivity contribution is 6.27. The minimum absolute atomic E-state index is 0.00396. The summed E-state index contributed by atoms with van der Waals surface area (Å²) >= 11 is 5.63. The molecule has 2 amide bonds. The molecule has 0 aromatic heterocycles. The molecule has 1 heterocycles. The highest BCUT2D eigenvalue weighted by Crippen LogP contribution is 2.17. The van der Waals surface area contributed by atoms with E-state index >= 15 is 0 Å². The molecule has 1 saturated heterocycles. The number of hydrogen-bond acceptors (Lipinski definition) is 3. The lowest BCUT2D eigenvalue weighted by Crippen LogP contribution is -2.49. The molecule has 1 aromatic carbocycles. The van der Waals surface area contributed by atoms with Crippen LogP contribution in [0.25, 0.3) is 0 Å². The Morgan fingerprint density at radius 2 is 2.05 bits per heavy atom. The fourth-order valence-corrected chi connectivity index (χ4v) is 2.75. The van der Waals surface area contributed by atoms with Crippen molar-refractivity contribution in [3.63, 3.8) is 0 Å². The Bertz CT molecular complexity index is 495. The van der Waals surface area contributed by atoms with Crippen molar-refractivity contribution in [1.29, 1.82) is 0 Å².